The van der Waals surface area contributed by atoms with E-state index in [1.807, 2.05) is 55.5 Å². The lowest BCUT2D eigenvalue weighted by atomic mass is 9.83. The molecule has 0 aromatic heterocycles. The van der Waals surface area contributed by atoms with Gasteiger partial charge in [0.2, 0.25) is 5.91 Å². The summed E-state index contributed by atoms with van der Waals surface area (Å²) >= 11 is 0. The van der Waals surface area contributed by atoms with Crippen molar-refractivity contribution < 1.29 is 19.1 Å². The lowest BCUT2D eigenvalue weighted by Gasteiger charge is -2.40. The van der Waals surface area contributed by atoms with Gasteiger partial charge in [0, 0.05) is 17.7 Å². The highest BCUT2D eigenvalue weighted by Gasteiger charge is 2.43. The third-order valence-electron chi connectivity index (χ3n) is 4.95. The molecular weight excluding hydrogens is 356 g/mol. The molecule has 1 aliphatic rings. The van der Waals surface area contributed by atoms with Gasteiger partial charge in [-0.05, 0) is 31.5 Å². The second kappa shape index (κ2) is 8.57. The summed E-state index contributed by atoms with van der Waals surface area (Å²) in [4.78, 5) is 27.3. The van der Waals surface area contributed by atoms with Gasteiger partial charge >= 0.3 is 5.97 Å². The van der Waals surface area contributed by atoms with Gasteiger partial charge in [-0.25, -0.2) is 0 Å². The molecule has 0 unspecified atom stereocenters. The third kappa shape index (κ3) is 3.84. The zero-order valence-electron chi connectivity index (χ0n) is 15.9. The van der Waals surface area contributed by atoms with E-state index in [2.05, 4.69) is 0 Å². The van der Waals surface area contributed by atoms with Gasteiger partial charge in [-0.3, -0.25) is 9.59 Å². The Morgan fingerprint density at radius 3 is 2.61 bits per heavy atom. The smallest absolute Gasteiger partial charge is 0.312 e. The number of benzene rings is 2. The monoisotopic (exact) mass is 378 g/mol. The molecule has 0 spiro atoms. The van der Waals surface area contributed by atoms with E-state index in [-0.39, 0.29) is 18.9 Å². The van der Waals surface area contributed by atoms with Crippen molar-refractivity contribution in [3.8, 4) is 11.8 Å². The highest BCUT2D eigenvalue weighted by molar-refractivity contribution is 5.97. The van der Waals surface area contributed by atoms with Crippen molar-refractivity contribution in [1.82, 2.24) is 0 Å². The molecule has 2 atom stereocenters. The van der Waals surface area contributed by atoms with Crippen LogP contribution in [0.15, 0.2) is 48.5 Å². The Kier molecular flexibility index (Phi) is 5.95. The van der Waals surface area contributed by atoms with E-state index in [9.17, 15) is 9.59 Å². The van der Waals surface area contributed by atoms with E-state index in [1.165, 1.54) is 0 Å². The summed E-state index contributed by atoms with van der Waals surface area (Å²) < 4.78 is 10.6. The van der Waals surface area contributed by atoms with Crippen LogP contribution in [-0.4, -0.2) is 25.6 Å². The first-order valence-electron chi connectivity index (χ1n) is 9.12. The van der Waals surface area contributed by atoms with Crippen LogP contribution >= 0.6 is 0 Å². The highest BCUT2D eigenvalue weighted by Crippen LogP contribution is 2.43. The van der Waals surface area contributed by atoms with Gasteiger partial charge in [-0.1, -0.05) is 35.9 Å². The highest BCUT2D eigenvalue weighted by atomic mass is 16.5. The molecule has 1 aliphatic heterocycles. The number of rotatable bonds is 5. The molecule has 0 saturated carbocycles. The summed E-state index contributed by atoms with van der Waals surface area (Å²) in [6, 6.07) is 16.2. The van der Waals surface area contributed by atoms with Crippen LogP contribution in [0.2, 0.25) is 0 Å². The van der Waals surface area contributed by atoms with E-state index >= 15 is 0 Å². The molecule has 144 valence electrons. The van der Waals surface area contributed by atoms with Crippen LogP contribution in [0.1, 0.15) is 30.0 Å². The number of nitriles is 1. The zero-order valence-corrected chi connectivity index (χ0v) is 15.9. The Morgan fingerprint density at radius 2 is 1.93 bits per heavy atom. The molecule has 1 fully saturated rings. The molecule has 1 amide bonds. The predicted octanol–water partition coefficient (Wildman–Crippen LogP) is 3.55. The number of aryl methyl sites for hydroxylation is 1. The normalized spacial score (nSPS) is 19.0. The van der Waals surface area contributed by atoms with Crippen LogP contribution in [0.3, 0.4) is 0 Å². The molecule has 0 radical (unpaired) electrons. The fourth-order valence-electron chi connectivity index (χ4n) is 3.63. The molecule has 3 rings (SSSR count). The van der Waals surface area contributed by atoms with E-state index in [0.29, 0.717) is 17.9 Å². The number of nitrogens with zero attached hydrogens (tertiary/aromatic N) is 2. The largest absolute Gasteiger partial charge is 0.496 e. The molecule has 1 saturated heterocycles. The number of piperidine rings is 1. The second-order valence-electron chi connectivity index (χ2n) is 6.70. The number of methoxy groups -OCH3 is 1. The molecule has 6 nitrogen and oxygen atoms in total. The van der Waals surface area contributed by atoms with Crippen molar-refractivity contribution in [2.24, 2.45) is 5.92 Å². The molecule has 2 aromatic carbocycles. The Hall–Kier alpha value is -3.33. The van der Waals surface area contributed by atoms with Crippen LogP contribution in [0, 0.1) is 24.2 Å². The van der Waals surface area contributed by atoms with E-state index < -0.39 is 17.9 Å². The number of esters is 1. The van der Waals surface area contributed by atoms with Gasteiger partial charge in [-0.15, -0.1) is 0 Å². The predicted molar refractivity (Wildman–Crippen MR) is 104 cm³/mol. The minimum atomic E-state index is -0.594. The number of amides is 1. The van der Waals surface area contributed by atoms with E-state index in [4.69, 9.17) is 14.7 Å². The lowest BCUT2D eigenvalue weighted by Crippen LogP contribution is -2.46. The van der Waals surface area contributed by atoms with Gasteiger partial charge < -0.3 is 14.4 Å². The summed E-state index contributed by atoms with van der Waals surface area (Å²) in [7, 11) is 1.56. The maximum Gasteiger partial charge on any atom is 0.312 e. The maximum absolute atomic E-state index is 12.9. The number of ether oxygens (including phenoxy) is 2. The SMILES string of the molecule is COc1ccccc1[C@H]1[C@@H](C(=O)OCC#N)CCC(=O)N1c1ccc(C)cc1. The number of carbonyl (C=O) groups is 2. The number of carbonyl (C=O) groups excluding carboxylic acids is 2. The van der Waals surface area contributed by atoms with Crippen molar-refractivity contribution in [2.45, 2.75) is 25.8 Å². The van der Waals surface area contributed by atoms with Crippen molar-refractivity contribution in [1.29, 1.82) is 5.26 Å². The van der Waals surface area contributed by atoms with Crippen molar-refractivity contribution in [3.63, 3.8) is 0 Å². The van der Waals surface area contributed by atoms with E-state index in [0.717, 1.165) is 11.1 Å². The molecule has 6 heteroatoms. The first kappa shape index (κ1) is 19.4. The van der Waals surface area contributed by atoms with Crippen molar-refractivity contribution >= 4 is 17.6 Å². The summed E-state index contributed by atoms with van der Waals surface area (Å²) in [6.07, 6.45) is 0.583. The standard InChI is InChI=1S/C22H22N2O4/c1-15-7-9-16(10-8-15)24-20(25)12-11-18(22(26)28-14-13-23)21(24)17-5-3-4-6-19(17)27-2/h3-10,18,21H,11-12,14H2,1-2H3/t18-,21-/m0/s1. The average molecular weight is 378 g/mol. The number of anilines is 1. The Balaban J connectivity index is 2.11. The lowest BCUT2D eigenvalue weighted by molar-refractivity contribution is -0.149. The van der Waals surface area contributed by atoms with Crippen molar-refractivity contribution in [2.75, 3.05) is 18.6 Å². The van der Waals surface area contributed by atoms with Crippen molar-refractivity contribution in [3.05, 3.63) is 59.7 Å². The summed E-state index contributed by atoms with van der Waals surface area (Å²) in [5, 5.41) is 8.76. The second-order valence-corrected chi connectivity index (χ2v) is 6.70. The minimum absolute atomic E-state index is 0.0657. The van der Waals surface area contributed by atoms with Gasteiger partial charge in [-0.2, -0.15) is 5.26 Å². The number of hydrogen-bond acceptors (Lipinski definition) is 5. The molecule has 2 aromatic rings. The molecule has 1 heterocycles. The fraction of sp³-hybridized carbons (Fsp3) is 0.318. The Morgan fingerprint density at radius 1 is 1.21 bits per heavy atom. The molecule has 0 aliphatic carbocycles. The average Bonchev–Trinajstić information content (AvgIpc) is 2.72. The number of para-hydroxylation sites is 1. The first-order chi connectivity index (χ1) is 13.6. The van der Waals surface area contributed by atoms with Crippen LogP contribution in [0.4, 0.5) is 5.69 Å². The third-order valence-corrected chi connectivity index (χ3v) is 4.95. The van der Waals surface area contributed by atoms with Crippen LogP contribution in [0.5, 0.6) is 5.75 Å². The van der Waals surface area contributed by atoms with Crippen LogP contribution in [-0.2, 0) is 14.3 Å². The van der Waals surface area contributed by atoms with Gasteiger partial charge in [0.15, 0.2) is 6.61 Å². The minimum Gasteiger partial charge on any atom is -0.496 e. The Labute approximate surface area is 164 Å². The quantitative estimate of drug-likeness (QED) is 0.744. The molecule has 28 heavy (non-hydrogen) atoms. The number of hydrogen-bond donors (Lipinski definition) is 0. The van der Waals surface area contributed by atoms with Crippen LogP contribution < -0.4 is 9.64 Å². The van der Waals surface area contributed by atoms with Crippen LogP contribution in [0.25, 0.3) is 0 Å². The van der Waals surface area contributed by atoms with Gasteiger partial charge in [0.25, 0.3) is 0 Å². The summed E-state index contributed by atoms with van der Waals surface area (Å²) in [5.74, 6) is -0.549. The topological polar surface area (TPSA) is 79.6 Å². The van der Waals surface area contributed by atoms with Gasteiger partial charge in [0.05, 0.1) is 19.1 Å². The summed E-state index contributed by atoms with van der Waals surface area (Å²) in [5.41, 5.74) is 2.52. The molecular formula is C22H22N2O4. The molecule has 0 N–H and O–H groups in total. The van der Waals surface area contributed by atoms with E-state index in [1.54, 1.807) is 18.1 Å². The summed E-state index contributed by atoms with van der Waals surface area (Å²) in [6.45, 7) is 1.66. The fourth-order valence-corrected chi connectivity index (χ4v) is 3.63. The maximum atomic E-state index is 12.9. The molecule has 0 bridgehead atoms. The zero-order chi connectivity index (χ0) is 20.1. The first-order valence-corrected chi connectivity index (χ1v) is 9.12. The Bertz CT molecular complexity index is 901. The van der Waals surface area contributed by atoms with Gasteiger partial charge in [0.1, 0.15) is 11.8 Å².